The Labute approximate surface area is 99.8 Å². The van der Waals surface area contributed by atoms with Crippen LogP contribution in [0.4, 0.5) is 4.39 Å². The van der Waals surface area contributed by atoms with Gasteiger partial charge in [0.25, 0.3) is 0 Å². The van der Waals surface area contributed by atoms with E-state index in [1.54, 1.807) is 0 Å². The number of likely N-dealkylation sites (N-methyl/N-ethyl adjacent to an activating group) is 1. The highest BCUT2D eigenvalue weighted by atomic mass is 19.1. The highest BCUT2D eigenvalue weighted by Gasteiger charge is 2.42. The van der Waals surface area contributed by atoms with Crippen molar-refractivity contribution in [1.29, 1.82) is 0 Å². The van der Waals surface area contributed by atoms with E-state index in [9.17, 15) is 4.39 Å². The molecule has 1 fully saturated rings. The summed E-state index contributed by atoms with van der Waals surface area (Å²) in [4.78, 5) is 4.41. The second-order valence-corrected chi connectivity index (χ2v) is 6.94. The van der Waals surface area contributed by atoms with Gasteiger partial charge in [-0.25, -0.2) is 4.39 Å². The molecule has 0 bridgehead atoms. The fourth-order valence-electron chi connectivity index (χ4n) is 2.16. The van der Waals surface area contributed by atoms with E-state index in [1.807, 2.05) is 7.05 Å². The van der Waals surface area contributed by atoms with Crippen molar-refractivity contribution in [1.82, 2.24) is 9.80 Å². The third-order valence-electron chi connectivity index (χ3n) is 3.72. The van der Waals surface area contributed by atoms with Crippen LogP contribution in [0.2, 0.25) is 0 Å². The van der Waals surface area contributed by atoms with Crippen molar-refractivity contribution in [2.45, 2.75) is 64.8 Å². The van der Waals surface area contributed by atoms with Crippen LogP contribution in [0.25, 0.3) is 0 Å². The first-order valence-corrected chi connectivity index (χ1v) is 6.15. The van der Waals surface area contributed by atoms with Crippen LogP contribution >= 0.6 is 0 Å². The van der Waals surface area contributed by atoms with E-state index in [0.29, 0.717) is 6.54 Å². The molecule has 0 saturated carbocycles. The Morgan fingerprint density at radius 1 is 1.06 bits per heavy atom. The van der Waals surface area contributed by atoms with E-state index in [4.69, 9.17) is 0 Å². The number of hydrogen-bond donors (Lipinski definition) is 0. The lowest BCUT2D eigenvalue weighted by atomic mass is 10.0. The molecule has 3 heteroatoms. The van der Waals surface area contributed by atoms with Crippen molar-refractivity contribution in [3.05, 3.63) is 0 Å². The van der Waals surface area contributed by atoms with Gasteiger partial charge in [0.05, 0.1) is 6.04 Å². The molecule has 1 unspecified atom stereocenters. The Kier molecular flexibility index (Phi) is 3.71. The van der Waals surface area contributed by atoms with E-state index >= 15 is 0 Å². The lowest BCUT2D eigenvalue weighted by molar-refractivity contribution is 0.0804. The third kappa shape index (κ3) is 2.95. The van der Waals surface area contributed by atoms with Crippen LogP contribution in [0.1, 0.15) is 41.5 Å². The van der Waals surface area contributed by atoms with Crippen LogP contribution < -0.4 is 0 Å². The van der Waals surface area contributed by atoms with Crippen LogP contribution in [-0.2, 0) is 0 Å². The number of alkyl halides is 1. The molecular formula is C13H27FN2. The van der Waals surface area contributed by atoms with Crippen molar-refractivity contribution in [2.75, 3.05) is 20.1 Å². The Hall–Kier alpha value is -0.150. The van der Waals surface area contributed by atoms with Gasteiger partial charge in [0.15, 0.2) is 0 Å². The molecule has 0 N–H and O–H groups in total. The maximum atomic E-state index is 14.1. The van der Waals surface area contributed by atoms with E-state index in [-0.39, 0.29) is 17.1 Å². The van der Waals surface area contributed by atoms with E-state index in [1.165, 1.54) is 0 Å². The summed E-state index contributed by atoms with van der Waals surface area (Å²) in [5.74, 6) is 0. The Morgan fingerprint density at radius 2 is 1.56 bits per heavy atom. The van der Waals surface area contributed by atoms with E-state index < -0.39 is 6.17 Å². The number of rotatable bonds is 1. The summed E-state index contributed by atoms with van der Waals surface area (Å²) in [5.41, 5.74) is 0.0979. The van der Waals surface area contributed by atoms with Crippen LogP contribution in [0.15, 0.2) is 0 Å². The smallest absolute Gasteiger partial charge is 0.129 e. The summed E-state index contributed by atoms with van der Waals surface area (Å²) in [6, 6.07) is 0.0271. The maximum absolute atomic E-state index is 14.1. The Bertz CT molecular complexity index is 239. The van der Waals surface area contributed by atoms with Gasteiger partial charge in [0, 0.05) is 24.2 Å². The summed E-state index contributed by atoms with van der Waals surface area (Å²) in [6.45, 7) is 14.3. The molecule has 1 aliphatic rings. The van der Waals surface area contributed by atoms with Crippen LogP contribution in [0.3, 0.4) is 0 Å². The molecule has 0 amide bonds. The SMILES string of the molecule is CN(C1CN(C(C)(C)C)C[C@@H]1F)C(C)(C)C. The molecule has 16 heavy (non-hydrogen) atoms. The second kappa shape index (κ2) is 4.26. The first-order chi connectivity index (χ1) is 7.03. The predicted octanol–water partition coefficient (Wildman–Crippen LogP) is 2.54. The molecule has 0 aliphatic carbocycles. The minimum absolute atomic E-state index is 0.0271. The highest BCUT2D eigenvalue weighted by molar-refractivity contribution is 4.97. The zero-order valence-electron chi connectivity index (χ0n) is 11.8. The molecule has 0 aromatic heterocycles. The molecule has 2 nitrogen and oxygen atoms in total. The van der Waals surface area contributed by atoms with Crippen molar-refractivity contribution < 1.29 is 4.39 Å². The summed E-state index contributed by atoms with van der Waals surface area (Å²) >= 11 is 0. The Morgan fingerprint density at radius 3 is 1.88 bits per heavy atom. The zero-order valence-corrected chi connectivity index (χ0v) is 11.8. The monoisotopic (exact) mass is 230 g/mol. The van der Waals surface area contributed by atoms with Crippen LogP contribution in [0, 0.1) is 0 Å². The standard InChI is InChI=1S/C13H27FN2/c1-12(2,3)15(7)11-9-16(8-10(11)14)13(4,5)6/h10-11H,8-9H2,1-7H3/t10-,11?/m0/s1. The summed E-state index contributed by atoms with van der Waals surface area (Å²) in [5, 5.41) is 0. The summed E-state index contributed by atoms with van der Waals surface area (Å²) in [7, 11) is 2.03. The van der Waals surface area contributed by atoms with Crippen LogP contribution in [0.5, 0.6) is 0 Å². The van der Waals surface area contributed by atoms with Gasteiger partial charge in [-0.1, -0.05) is 0 Å². The third-order valence-corrected chi connectivity index (χ3v) is 3.72. The molecule has 1 saturated heterocycles. The van der Waals surface area contributed by atoms with Gasteiger partial charge in [0.1, 0.15) is 6.17 Å². The molecular weight excluding hydrogens is 203 g/mol. The molecule has 0 spiro atoms. The minimum Gasteiger partial charge on any atom is -0.294 e. The summed E-state index contributed by atoms with van der Waals surface area (Å²) in [6.07, 6.45) is -0.733. The highest BCUT2D eigenvalue weighted by Crippen LogP contribution is 2.28. The van der Waals surface area contributed by atoms with Gasteiger partial charge in [-0.05, 0) is 48.6 Å². The molecule has 2 atom stereocenters. The van der Waals surface area contributed by atoms with Gasteiger partial charge in [-0.15, -0.1) is 0 Å². The minimum atomic E-state index is -0.733. The van der Waals surface area contributed by atoms with Crippen molar-refractivity contribution >= 4 is 0 Å². The molecule has 0 aromatic carbocycles. The van der Waals surface area contributed by atoms with Gasteiger partial charge in [-0.3, -0.25) is 9.80 Å². The first kappa shape index (κ1) is 13.9. The van der Waals surface area contributed by atoms with Gasteiger partial charge < -0.3 is 0 Å². The first-order valence-electron chi connectivity index (χ1n) is 6.15. The quantitative estimate of drug-likeness (QED) is 0.683. The summed E-state index contributed by atoms with van der Waals surface area (Å²) < 4.78 is 14.1. The molecule has 0 aromatic rings. The molecule has 96 valence electrons. The average molecular weight is 230 g/mol. The fraction of sp³-hybridized carbons (Fsp3) is 1.00. The van der Waals surface area contributed by atoms with Gasteiger partial charge in [-0.2, -0.15) is 0 Å². The molecule has 1 aliphatic heterocycles. The van der Waals surface area contributed by atoms with E-state index in [2.05, 4.69) is 51.3 Å². The fourth-order valence-corrected chi connectivity index (χ4v) is 2.16. The lowest BCUT2D eigenvalue weighted by Crippen LogP contribution is -2.50. The van der Waals surface area contributed by atoms with Crippen molar-refractivity contribution in [3.63, 3.8) is 0 Å². The normalized spacial score (nSPS) is 29.1. The average Bonchev–Trinajstić information content (AvgIpc) is 2.43. The van der Waals surface area contributed by atoms with E-state index in [0.717, 1.165) is 6.54 Å². The van der Waals surface area contributed by atoms with Crippen LogP contribution in [-0.4, -0.2) is 53.2 Å². The number of likely N-dealkylation sites (tertiary alicyclic amines) is 1. The molecule has 1 heterocycles. The number of hydrogen-bond acceptors (Lipinski definition) is 2. The number of halogens is 1. The topological polar surface area (TPSA) is 6.48 Å². The predicted molar refractivity (Wildman–Crippen MR) is 67.5 cm³/mol. The van der Waals surface area contributed by atoms with Gasteiger partial charge >= 0.3 is 0 Å². The molecule has 0 radical (unpaired) electrons. The van der Waals surface area contributed by atoms with Crippen molar-refractivity contribution in [3.8, 4) is 0 Å². The molecule has 1 rings (SSSR count). The largest absolute Gasteiger partial charge is 0.294 e. The maximum Gasteiger partial charge on any atom is 0.129 e. The lowest BCUT2D eigenvalue weighted by Gasteiger charge is -2.38. The Balaban J connectivity index is 2.72. The van der Waals surface area contributed by atoms with Gasteiger partial charge in [0.2, 0.25) is 0 Å². The zero-order chi connectivity index (χ0) is 12.7. The van der Waals surface area contributed by atoms with Crippen molar-refractivity contribution in [2.24, 2.45) is 0 Å². The second-order valence-electron chi connectivity index (χ2n) is 6.94. The number of nitrogens with zero attached hydrogens (tertiary/aromatic N) is 2.